The summed E-state index contributed by atoms with van der Waals surface area (Å²) in [6, 6.07) is 6.39. The molecule has 0 bridgehead atoms. The highest BCUT2D eigenvalue weighted by Gasteiger charge is 2.14. The number of sulfonamides is 1. The maximum Gasteiger partial charge on any atom is 0.229 e. The van der Waals surface area contributed by atoms with E-state index in [1.807, 2.05) is 13.8 Å². The molecular weight excluding hydrogens is 390 g/mol. The maximum absolute atomic E-state index is 12.4. The van der Waals surface area contributed by atoms with Crippen LogP contribution in [-0.4, -0.2) is 36.2 Å². The number of rotatable bonds is 6. The van der Waals surface area contributed by atoms with Crippen molar-refractivity contribution in [2.24, 2.45) is 0 Å². The minimum absolute atomic E-state index is 0.0442. The Morgan fingerprint density at radius 2 is 1.88 bits per heavy atom. The fraction of sp³-hybridized carbons (Fsp3) is 0.235. The van der Waals surface area contributed by atoms with Gasteiger partial charge in [0.2, 0.25) is 10.0 Å². The third kappa shape index (κ3) is 4.22. The van der Waals surface area contributed by atoms with E-state index in [-0.39, 0.29) is 11.5 Å². The van der Waals surface area contributed by atoms with Gasteiger partial charge in [-0.15, -0.1) is 11.3 Å². The highest BCUT2D eigenvalue weighted by molar-refractivity contribution is 8.00. The van der Waals surface area contributed by atoms with Crippen LogP contribution in [0.4, 0.5) is 5.69 Å². The van der Waals surface area contributed by atoms with Gasteiger partial charge in [0, 0.05) is 21.5 Å². The Kier molecular flexibility index (Phi) is 5.31. The first-order valence-electron chi connectivity index (χ1n) is 7.69. The summed E-state index contributed by atoms with van der Waals surface area (Å²) >= 11 is 3.01. The number of ketones is 1. The summed E-state index contributed by atoms with van der Waals surface area (Å²) in [4.78, 5) is 23.2. The van der Waals surface area contributed by atoms with Crippen molar-refractivity contribution in [3.63, 3.8) is 0 Å². The average Bonchev–Trinajstić information content (AvgIpc) is 2.87. The number of thiophene rings is 1. The van der Waals surface area contributed by atoms with Crippen LogP contribution in [0.25, 0.3) is 10.2 Å². The zero-order valence-electron chi connectivity index (χ0n) is 14.4. The van der Waals surface area contributed by atoms with Crippen molar-refractivity contribution in [1.29, 1.82) is 0 Å². The smallest absolute Gasteiger partial charge is 0.229 e. The molecule has 0 radical (unpaired) electrons. The molecule has 0 spiro atoms. The Labute approximate surface area is 160 Å². The topological polar surface area (TPSA) is 89.0 Å². The number of Topliss-reactive ketones (excluding diaryl/α,β-unsaturated/α-hetero) is 1. The maximum atomic E-state index is 12.4. The third-order valence-corrected chi connectivity index (χ3v) is 6.49. The average molecular weight is 408 g/mol. The zero-order chi connectivity index (χ0) is 18.9. The summed E-state index contributed by atoms with van der Waals surface area (Å²) in [6.45, 7) is 4.09. The number of fused-ring (bicyclic) bond motifs is 1. The zero-order valence-corrected chi connectivity index (χ0v) is 16.9. The molecule has 0 amide bonds. The summed E-state index contributed by atoms with van der Waals surface area (Å²) in [5.74, 6) is 0.205. The molecule has 0 aliphatic carbocycles. The van der Waals surface area contributed by atoms with E-state index in [4.69, 9.17) is 0 Å². The van der Waals surface area contributed by atoms with Crippen molar-refractivity contribution in [3.8, 4) is 0 Å². The van der Waals surface area contributed by atoms with Gasteiger partial charge in [0.25, 0.3) is 0 Å². The lowest BCUT2D eigenvalue weighted by atomic mass is 10.1. The molecule has 0 aliphatic rings. The second-order valence-corrected chi connectivity index (χ2v) is 9.72. The first kappa shape index (κ1) is 18.8. The molecule has 1 aromatic carbocycles. The molecular formula is C17H17N3O3S3. The predicted octanol–water partition coefficient (Wildman–Crippen LogP) is 3.65. The normalized spacial score (nSPS) is 11.7. The number of aromatic nitrogens is 2. The molecule has 6 nitrogen and oxygen atoms in total. The number of thioether (sulfide) groups is 1. The second-order valence-electron chi connectivity index (χ2n) is 5.81. The highest BCUT2D eigenvalue weighted by atomic mass is 32.2. The molecule has 0 fully saturated rings. The third-order valence-electron chi connectivity index (χ3n) is 3.78. The minimum atomic E-state index is -3.33. The van der Waals surface area contributed by atoms with Crippen LogP contribution in [0.2, 0.25) is 0 Å². The van der Waals surface area contributed by atoms with E-state index in [0.29, 0.717) is 11.3 Å². The number of hydrogen-bond donors (Lipinski definition) is 1. The van der Waals surface area contributed by atoms with Gasteiger partial charge in [-0.2, -0.15) is 0 Å². The number of nitrogens with zero attached hydrogens (tertiary/aromatic N) is 2. The van der Waals surface area contributed by atoms with Gasteiger partial charge in [0.1, 0.15) is 16.2 Å². The van der Waals surface area contributed by atoms with E-state index < -0.39 is 10.0 Å². The number of anilines is 1. The van der Waals surface area contributed by atoms with Crippen molar-refractivity contribution in [2.75, 3.05) is 16.7 Å². The van der Waals surface area contributed by atoms with Gasteiger partial charge in [-0.3, -0.25) is 9.52 Å². The van der Waals surface area contributed by atoms with E-state index in [0.717, 1.165) is 27.1 Å². The highest BCUT2D eigenvalue weighted by Crippen LogP contribution is 2.34. The Morgan fingerprint density at radius 1 is 1.19 bits per heavy atom. The van der Waals surface area contributed by atoms with Crippen LogP contribution in [0.3, 0.4) is 0 Å². The van der Waals surface area contributed by atoms with Crippen molar-refractivity contribution < 1.29 is 13.2 Å². The summed E-state index contributed by atoms with van der Waals surface area (Å²) in [5, 5.41) is 1.82. The quantitative estimate of drug-likeness (QED) is 0.381. The van der Waals surface area contributed by atoms with Crippen LogP contribution in [0.1, 0.15) is 20.8 Å². The van der Waals surface area contributed by atoms with Gasteiger partial charge in [0.05, 0.1) is 12.0 Å². The number of hydrogen-bond acceptors (Lipinski definition) is 7. The summed E-state index contributed by atoms with van der Waals surface area (Å²) in [7, 11) is -3.33. The monoisotopic (exact) mass is 407 g/mol. The van der Waals surface area contributed by atoms with Crippen molar-refractivity contribution in [3.05, 3.63) is 46.6 Å². The van der Waals surface area contributed by atoms with Crippen LogP contribution in [0.15, 0.2) is 35.6 Å². The van der Waals surface area contributed by atoms with Crippen LogP contribution in [0, 0.1) is 13.8 Å². The summed E-state index contributed by atoms with van der Waals surface area (Å²) in [5.41, 5.74) is 2.11. The van der Waals surface area contributed by atoms with Crippen molar-refractivity contribution in [2.45, 2.75) is 18.9 Å². The molecule has 3 aromatic rings. The van der Waals surface area contributed by atoms with E-state index in [1.165, 1.54) is 23.0 Å². The molecule has 0 atom stereocenters. The first-order valence-corrected chi connectivity index (χ1v) is 11.4. The number of carbonyl (C=O) groups is 1. The van der Waals surface area contributed by atoms with Gasteiger partial charge in [-0.1, -0.05) is 11.8 Å². The van der Waals surface area contributed by atoms with Crippen LogP contribution in [0.5, 0.6) is 0 Å². The molecule has 136 valence electrons. The van der Waals surface area contributed by atoms with Gasteiger partial charge < -0.3 is 0 Å². The Balaban J connectivity index is 1.73. The van der Waals surface area contributed by atoms with Crippen molar-refractivity contribution >= 4 is 54.8 Å². The molecule has 2 aromatic heterocycles. The fourth-order valence-electron chi connectivity index (χ4n) is 2.42. The molecule has 0 saturated heterocycles. The lowest BCUT2D eigenvalue weighted by molar-refractivity contribution is 0.102. The van der Waals surface area contributed by atoms with Crippen molar-refractivity contribution in [1.82, 2.24) is 9.97 Å². The molecule has 0 aliphatic heterocycles. The van der Waals surface area contributed by atoms with Gasteiger partial charge in [-0.05, 0) is 43.7 Å². The second kappa shape index (κ2) is 7.34. The molecule has 0 saturated carbocycles. The van der Waals surface area contributed by atoms with Crippen LogP contribution in [-0.2, 0) is 10.0 Å². The van der Waals surface area contributed by atoms with E-state index in [1.54, 1.807) is 35.6 Å². The van der Waals surface area contributed by atoms with Gasteiger partial charge >= 0.3 is 0 Å². The minimum Gasteiger partial charge on any atom is -0.293 e. The molecule has 2 heterocycles. The van der Waals surface area contributed by atoms with Gasteiger partial charge in [0.15, 0.2) is 5.78 Å². The van der Waals surface area contributed by atoms with Crippen LogP contribution >= 0.6 is 23.1 Å². The predicted molar refractivity (Wildman–Crippen MR) is 107 cm³/mol. The number of nitrogens with one attached hydrogen (secondary N) is 1. The lowest BCUT2D eigenvalue weighted by Gasteiger charge is -2.06. The summed E-state index contributed by atoms with van der Waals surface area (Å²) in [6.07, 6.45) is 2.61. The number of benzene rings is 1. The fourth-order valence-corrected chi connectivity index (χ4v) is 4.99. The van der Waals surface area contributed by atoms with E-state index in [9.17, 15) is 13.2 Å². The molecule has 3 rings (SSSR count). The van der Waals surface area contributed by atoms with E-state index in [2.05, 4.69) is 14.7 Å². The van der Waals surface area contributed by atoms with Crippen LogP contribution < -0.4 is 4.72 Å². The number of carbonyl (C=O) groups excluding carboxylic acids is 1. The molecule has 9 heteroatoms. The van der Waals surface area contributed by atoms with Gasteiger partial charge in [-0.25, -0.2) is 18.4 Å². The Bertz CT molecular complexity index is 1070. The standard InChI is InChI=1S/C17H17N3O3S3/c1-10-11(2)25-17-15(10)16(18-9-19-17)24-8-14(21)12-4-6-13(7-5-12)20-26(3,22)23/h4-7,9,20H,8H2,1-3H3. The SMILES string of the molecule is Cc1sc2ncnc(SCC(=O)c3ccc(NS(C)(=O)=O)cc3)c2c1C. The lowest BCUT2D eigenvalue weighted by Crippen LogP contribution is -2.10. The summed E-state index contributed by atoms with van der Waals surface area (Å²) < 4.78 is 24.8. The largest absolute Gasteiger partial charge is 0.293 e. The Morgan fingerprint density at radius 3 is 2.54 bits per heavy atom. The number of aryl methyl sites for hydroxylation is 2. The molecule has 1 N–H and O–H groups in total. The van der Waals surface area contributed by atoms with E-state index >= 15 is 0 Å². The Hall–Kier alpha value is -1.97. The molecule has 0 unspecified atom stereocenters. The first-order chi connectivity index (χ1) is 12.2. The molecule has 26 heavy (non-hydrogen) atoms.